The zero-order chi connectivity index (χ0) is 13.4. The van der Waals surface area contributed by atoms with Crippen LogP contribution in [0.5, 0.6) is 0 Å². The Kier molecular flexibility index (Phi) is 4.16. The number of aromatic nitrogens is 2. The van der Waals surface area contributed by atoms with Crippen LogP contribution < -0.4 is 11.2 Å². The van der Waals surface area contributed by atoms with Gasteiger partial charge in [0, 0.05) is 6.20 Å². The fraction of sp³-hybridized carbons (Fsp3) is 0.556. The lowest BCUT2D eigenvalue weighted by Crippen LogP contribution is -2.38. The molecule has 4 N–H and O–H groups in total. The van der Waals surface area contributed by atoms with Gasteiger partial charge in [0.05, 0.1) is 21.5 Å². The standard InChI is InChI=1S/C9H11IN2O5S/c10-3-1-12(9(17)11-7(3)16)8-6(15)5(14)4(2-13)18-8/h1,4-6,8,13-15H,2H2,(H,11,16,17)/t4-,5+,6+,8-/m0/s1. The van der Waals surface area contributed by atoms with Gasteiger partial charge in [0.2, 0.25) is 0 Å². The van der Waals surface area contributed by atoms with Crippen molar-refractivity contribution in [1.29, 1.82) is 0 Å². The summed E-state index contributed by atoms with van der Waals surface area (Å²) in [5, 5.41) is 27.3. The zero-order valence-corrected chi connectivity index (χ0v) is 12.0. The third-order valence-electron chi connectivity index (χ3n) is 2.72. The van der Waals surface area contributed by atoms with Crippen LogP contribution in [-0.2, 0) is 0 Å². The molecule has 0 amide bonds. The molecule has 2 rings (SSSR count). The number of H-pyrrole nitrogens is 1. The minimum Gasteiger partial charge on any atom is -0.395 e. The Morgan fingerprint density at radius 1 is 1.39 bits per heavy atom. The van der Waals surface area contributed by atoms with Gasteiger partial charge in [0.15, 0.2) is 0 Å². The molecule has 0 aliphatic carbocycles. The summed E-state index contributed by atoms with van der Waals surface area (Å²) in [5.41, 5.74) is -1.14. The molecular weight excluding hydrogens is 375 g/mol. The number of hydrogen-bond donors (Lipinski definition) is 4. The average molecular weight is 386 g/mol. The fourth-order valence-corrected chi connectivity index (χ4v) is 3.57. The first kappa shape index (κ1) is 14.1. The Morgan fingerprint density at radius 2 is 2.06 bits per heavy atom. The second-order valence-electron chi connectivity index (χ2n) is 3.87. The minimum absolute atomic E-state index is 0.297. The van der Waals surface area contributed by atoms with Gasteiger partial charge in [0.1, 0.15) is 11.5 Å². The number of nitrogens with one attached hydrogen (secondary N) is 1. The Hall–Kier alpha value is -0.360. The van der Waals surface area contributed by atoms with Crippen molar-refractivity contribution in [3.63, 3.8) is 0 Å². The lowest BCUT2D eigenvalue weighted by Gasteiger charge is -2.17. The Morgan fingerprint density at radius 3 is 2.61 bits per heavy atom. The van der Waals surface area contributed by atoms with E-state index in [0.29, 0.717) is 3.57 Å². The normalized spacial score (nSPS) is 31.8. The molecule has 100 valence electrons. The first-order valence-electron chi connectivity index (χ1n) is 5.09. The Bertz CT molecular complexity index is 559. The summed E-state index contributed by atoms with van der Waals surface area (Å²) in [6, 6.07) is 0. The first-order chi connectivity index (χ1) is 8.45. The van der Waals surface area contributed by atoms with Gasteiger partial charge >= 0.3 is 5.69 Å². The van der Waals surface area contributed by atoms with Crippen molar-refractivity contribution in [3.8, 4) is 0 Å². The average Bonchev–Trinajstić information content (AvgIpc) is 2.61. The molecule has 1 aromatic rings. The summed E-state index contributed by atoms with van der Waals surface area (Å²) in [6.07, 6.45) is -0.956. The largest absolute Gasteiger partial charge is 0.395 e. The van der Waals surface area contributed by atoms with E-state index in [0.717, 1.165) is 16.3 Å². The Labute approximate surface area is 119 Å². The molecule has 0 unspecified atom stereocenters. The van der Waals surface area contributed by atoms with Crippen LogP contribution in [0.2, 0.25) is 0 Å². The van der Waals surface area contributed by atoms with Crippen molar-refractivity contribution in [2.45, 2.75) is 22.8 Å². The lowest BCUT2D eigenvalue weighted by molar-refractivity contribution is 0.0101. The monoisotopic (exact) mass is 386 g/mol. The molecule has 9 heteroatoms. The summed E-state index contributed by atoms with van der Waals surface area (Å²) < 4.78 is 1.47. The topological polar surface area (TPSA) is 116 Å². The summed E-state index contributed by atoms with van der Waals surface area (Å²) in [4.78, 5) is 25.0. The van der Waals surface area contributed by atoms with E-state index in [1.54, 1.807) is 22.6 Å². The molecule has 0 radical (unpaired) electrons. The van der Waals surface area contributed by atoms with Crippen molar-refractivity contribution in [2.75, 3.05) is 6.61 Å². The minimum atomic E-state index is -1.17. The number of hydrogen-bond acceptors (Lipinski definition) is 6. The van der Waals surface area contributed by atoms with E-state index in [2.05, 4.69) is 4.98 Å². The molecule has 0 bridgehead atoms. The molecule has 7 nitrogen and oxygen atoms in total. The third-order valence-corrected chi connectivity index (χ3v) is 5.05. The second-order valence-corrected chi connectivity index (χ2v) is 6.40. The second kappa shape index (κ2) is 5.33. The quantitative estimate of drug-likeness (QED) is 0.459. The first-order valence-corrected chi connectivity index (χ1v) is 7.11. The Balaban J connectivity index is 2.42. The summed E-state index contributed by atoms with van der Waals surface area (Å²) in [5.74, 6) is 0. The SMILES string of the molecule is O=c1[nH]c(=O)n([C@H]2S[C@@H](CO)[C@@H](O)[C@H]2O)cc1I. The van der Waals surface area contributed by atoms with Crippen LogP contribution in [0.3, 0.4) is 0 Å². The molecule has 0 aromatic carbocycles. The van der Waals surface area contributed by atoms with Gasteiger partial charge in [-0.1, -0.05) is 0 Å². The predicted molar refractivity (Wildman–Crippen MR) is 73.6 cm³/mol. The van der Waals surface area contributed by atoms with Crippen LogP contribution >= 0.6 is 34.4 Å². The van der Waals surface area contributed by atoms with Crippen LogP contribution in [-0.4, -0.2) is 48.9 Å². The van der Waals surface area contributed by atoms with Crippen LogP contribution in [0.15, 0.2) is 15.8 Å². The molecule has 1 saturated heterocycles. The maximum atomic E-state index is 11.7. The van der Waals surface area contributed by atoms with E-state index in [1.807, 2.05) is 0 Å². The molecule has 2 heterocycles. The van der Waals surface area contributed by atoms with Crippen LogP contribution in [0.4, 0.5) is 0 Å². The highest BCUT2D eigenvalue weighted by atomic mass is 127. The van der Waals surface area contributed by atoms with Gasteiger partial charge in [-0.3, -0.25) is 14.3 Å². The van der Waals surface area contributed by atoms with Crippen molar-refractivity contribution in [2.24, 2.45) is 0 Å². The molecular formula is C9H11IN2O5S. The molecule has 1 aliphatic rings. The maximum absolute atomic E-state index is 11.7. The van der Waals surface area contributed by atoms with E-state index in [-0.39, 0.29) is 6.61 Å². The predicted octanol–water partition coefficient (Wildman–Crippen LogP) is -1.53. The van der Waals surface area contributed by atoms with Crippen molar-refractivity contribution >= 4 is 34.4 Å². The summed E-state index contributed by atoms with van der Waals surface area (Å²) >= 11 is 2.87. The maximum Gasteiger partial charge on any atom is 0.329 e. The molecule has 1 aliphatic heterocycles. The van der Waals surface area contributed by atoms with Gasteiger partial charge in [-0.2, -0.15) is 0 Å². The van der Waals surface area contributed by atoms with Gasteiger partial charge in [-0.15, -0.1) is 11.8 Å². The van der Waals surface area contributed by atoms with Crippen LogP contribution in [0.25, 0.3) is 0 Å². The molecule has 4 atom stereocenters. The van der Waals surface area contributed by atoms with E-state index in [4.69, 9.17) is 5.11 Å². The number of nitrogens with zero attached hydrogens (tertiary/aromatic N) is 1. The van der Waals surface area contributed by atoms with E-state index < -0.39 is 34.1 Å². The number of aliphatic hydroxyl groups is 3. The van der Waals surface area contributed by atoms with E-state index >= 15 is 0 Å². The highest BCUT2D eigenvalue weighted by Gasteiger charge is 2.43. The van der Waals surface area contributed by atoms with E-state index in [9.17, 15) is 19.8 Å². The molecule has 1 fully saturated rings. The third kappa shape index (κ3) is 2.37. The molecule has 18 heavy (non-hydrogen) atoms. The smallest absolute Gasteiger partial charge is 0.329 e. The van der Waals surface area contributed by atoms with Crippen molar-refractivity contribution in [3.05, 3.63) is 30.6 Å². The van der Waals surface area contributed by atoms with Gasteiger partial charge in [-0.25, -0.2) is 4.79 Å². The molecule has 0 saturated carbocycles. The summed E-state index contributed by atoms with van der Waals surface area (Å²) in [6.45, 7) is -0.297. The highest BCUT2D eigenvalue weighted by molar-refractivity contribution is 14.1. The van der Waals surface area contributed by atoms with Crippen molar-refractivity contribution < 1.29 is 15.3 Å². The summed E-state index contributed by atoms with van der Waals surface area (Å²) in [7, 11) is 0. The van der Waals surface area contributed by atoms with Crippen molar-refractivity contribution in [1.82, 2.24) is 9.55 Å². The lowest BCUT2D eigenvalue weighted by atomic mass is 10.1. The van der Waals surface area contributed by atoms with Gasteiger partial charge in [0.25, 0.3) is 5.56 Å². The van der Waals surface area contributed by atoms with Crippen LogP contribution in [0.1, 0.15) is 5.37 Å². The number of aromatic amines is 1. The van der Waals surface area contributed by atoms with Gasteiger partial charge < -0.3 is 15.3 Å². The zero-order valence-electron chi connectivity index (χ0n) is 8.99. The number of thioether (sulfide) groups is 1. The molecule has 1 aromatic heterocycles. The number of halogens is 1. The number of rotatable bonds is 2. The van der Waals surface area contributed by atoms with Crippen LogP contribution in [0, 0.1) is 3.57 Å². The molecule has 0 spiro atoms. The fourth-order valence-electron chi connectivity index (χ4n) is 1.76. The highest BCUT2D eigenvalue weighted by Crippen LogP contribution is 2.40. The van der Waals surface area contributed by atoms with E-state index in [1.165, 1.54) is 6.20 Å². The number of aliphatic hydroxyl groups excluding tert-OH is 3. The van der Waals surface area contributed by atoms with Gasteiger partial charge in [-0.05, 0) is 22.6 Å².